The van der Waals surface area contributed by atoms with Gasteiger partial charge in [-0.15, -0.1) is 0 Å². The molecule has 2 aromatic rings. The number of aromatic nitrogens is 1. The maximum Gasteiger partial charge on any atom is 0.354 e. The Morgan fingerprint density at radius 1 is 1.38 bits per heavy atom. The summed E-state index contributed by atoms with van der Waals surface area (Å²) in [5.74, 6) is -0.117. The second-order valence-corrected chi connectivity index (χ2v) is 4.39. The van der Waals surface area contributed by atoms with Gasteiger partial charge in [0.1, 0.15) is 18.1 Å². The number of anilines is 1. The van der Waals surface area contributed by atoms with Crippen molar-refractivity contribution in [2.75, 3.05) is 19.0 Å². The van der Waals surface area contributed by atoms with E-state index in [0.29, 0.717) is 29.3 Å². The fraction of sp³-hybridized carbons (Fsp3) is 0.200. The highest BCUT2D eigenvalue weighted by Gasteiger charge is 2.14. The molecule has 1 amide bonds. The predicted molar refractivity (Wildman–Crippen MR) is 79.6 cm³/mol. The van der Waals surface area contributed by atoms with Crippen LogP contribution >= 0.6 is 0 Å². The van der Waals surface area contributed by atoms with E-state index in [2.05, 4.69) is 21.6 Å². The molecule has 0 fully saturated rings. The lowest BCUT2D eigenvalue weighted by Gasteiger charge is -2.08. The molecule has 21 heavy (non-hydrogen) atoms. The molecule has 0 aliphatic rings. The number of H-pyrrole nitrogens is 1. The van der Waals surface area contributed by atoms with Crippen molar-refractivity contribution in [3.8, 4) is 5.75 Å². The molecule has 1 aromatic carbocycles. The maximum absolute atomic E-state index is 11.6. The SMILES string of the molecule is C=CCOc1cc(NC(C)=O)cc2[nH]c(C(=O)OC)cc12. The molecule has 6 heteroatoms. The van der Waals surface area contributed by atoms with Gasteiger partial charge in [-0.3, -0.25) is 4.79 Å². The number of aromatic amines is 1. The molecule has 0 saturated heterocycles. The minimum Gasteiger partial charge on any atom is -0.489 e. The van der Waals surface area contributed by atoms with Crippen molar-refractivity contribution in [2.24, 2.45) is 0 Å². The standard InChI is InChI=1S/C15H16N2O4/c1-4-5-21-14-7-10(16-9(2)18)6-12-11(14)8-13(17-12)15(19)20-3/h4,6-8,17H,1,5H2,2-3H3,(H,16,18). The number of esters is 1. The zero-order valence-electron chi connectivity index (χ0n) is 11.9. The van der Waals surface area contributed by atoms with Crippen LogP contribution in [-0.4, -0.2) is 30.6 Å². The van der Waals surface area contributed by atoms with Crippen LogP contribution in [0.15, 0.2) is 30.9 Å². The Kier molecular flexibility index (Phi) is 4.27. The molecule has 0 unspecified atom stereocenters. The van der Waals surface area contributed by atoms with Crippen molar-refractivity contribution < 1.29 is 19.1 Å². The largest absolute Gasteiger partial charge is 0.489 e. The molecule has 0 saturated carbocycles. The smallest absolute Gasteiger partial charge is 0.354 e. The van der Waals surface area contributed by atoms with Gasteiger partial charge < -0.3 is 19.8 Å². The van der Waals surface area contributed by atoms with Gasteiger partial charge in [-0.2, -0.15) is 0 Å². The molecule has 6 nitrogen and oxygen atoms in total. The van der Waals surface area contributed by atoms with Crippen molar-refractivity contribution in [3.63, 3.8) is 0 Å². The minimum atomic E-state index is -0.470. The zero-order valence-corrected chi connectivity index (χ0v) is 11.9. The summed E-state index contributed by atoms with van der Waals surface area (Å²) in [6, 6.07) is 5.07. The van der Waals surface area contributed by atoms with E-state index in [1.807, 2.05) is 0 Å². The topological polar surface area (TPSA) is 80.4 Å². The zero-order chi connectivity index (χ0) is 15.4. The molecule has 1 aromatic heterocycles. The van der Waals surface area contributed by atoms with Gasteiger partial charge in [-0.1, -0.05) is 12.7 Å². The summed E-state index contributed by atoms with van der Waals surface area (Å²) in [7, 11) is 1.31. The van der Waals surface area contributed by atoms with E-state index in [0.717, 1.165) is 5.39 Å². The molecule has 0 bridgehead atoms. The Labute approximate surface area is 121 Å². The first-order chi connectivity index (χ1) is 10.0. The van der Waals surface area contributed by atoms with E-state index < -0.39 is 5.97 Å². The highest BCUT2D eigenvalue weighted by Crippen LogP contribution is 2.31. The summed E-state index contributed by atoms with van der Waals surface area (Å²) >= 11 is 0. The van der Waals surface area contributed by atoms with Crippen LogP contribution in [0.5, 0.6) is 5.75 Å². The molecule has 0 radical (unpaired) electrons. The molecule has 0 spiro atoms. The summed E-state index contributed by atoms with van der Waals surface area (Å²) in [5.41, 5.74) is 1.56. The third-order valence-corrected chi connectivity index (χ3v) is 2.78. The first kappa shape index (κ1) is 14.6. The Hall–Kier alpha value is -2.76. The van der Waals surface area contributed by atoms with Gasteiger partial charge >= 0.3 is 5.97 Å². The number of fused-ring (bicyclic) bond motifs is 1. The van der Waals surface area contributed by atoms with Crippen LogP contribution in [0.25, 0.3) is 10.9 Å². The molecule has 2 N–H and O–H groups in total. The van der Waals surface area contributed by atoms with Crippen LogP contribution in [-0.2, 0) is 9.53 Å². The third kappa shape index (κ3) is 3.22. The number of benzene rings is 1. The summed E-state index contributed by atoms with van der Waals surface area (Å²) in [6.07, 6.45) is 1.62. The second-order valence-electron chi connectivity index (χ2n) is 4.39. The monoisotopic (exact) mass is 288 g/mol. The summed E-state index contributed by atoms with van der Waals surface area (Å²) < 4.78 is 10.3. The number of nitrogens with one attached hydrogen (secondary N) is 2. The van der Waals surface area contributed by atoms with E-state index in [1.165, 1.54) is 14.0 Å². The van der Waals surface area contributed by atoms with Crippen LogP contribution in [0.3, 0.4) is 0 Å². The van der Waals surface area contributed by atoms with Crippen LogP contribution in [0.4, 0.5) is 5.69 Å². The second kappa shape index (κ2) is 6.13. The fourth-order valence-corrected chi connectivity index (χ4v) is 1.97. The normalized spacial score (nSPS) is 10.2. The number of carbonyl (C=O) groups is 2. The van der Waals surface area contributed by atoms with Gasteiger partial charge in [-0.25, -0.2) is 4.79 Å². The van der Waals surface area contributed by atoms with Gasteiger partial charge in [0.25, 0.3) is 0 Å². The lowest BCUT2D eigenvalue weighted by Crippen LogP contribution is -2.06. The quantitative estimate of drug-likeness (QED) is 0.654. The number of amides is 1. The first-order valence-corrected chi connectivity index (χ1v) is 6.31. The van der Waals surface area contributed by atoms with Gasteiger partial charge in [0, 0.05) is 24.1 Å². The summed E-state index contributed by atoms with van der Waals surface area (Å²) in [5, 5.41) is 3.41. The van der Waals surface area contributed by atoms with Crippen molar-refractivity contribution >= 4 is 28.5 Å². The third-order valence-electron chi connectivity index (χ3n) is 2.78. The Bertz CT molecular complexity index is 703. The van der Waals surface area contributed by atoms with Gasteiger partial charge in [0.15, 0.2) is 0 Å². The number of rotatable bonds is 5. The van der Waals surface area contributed by atoms with E-state index in [9.17, 15) is 9.59 Å². The lowest BCUT2D eigenvalue weighted by molar-refractivity contribution is -0.114. The molecule has 0 aliphatic carbocycles. The first-order valence-electron chi connectivity index (χ1n) is 6.31. The van der Waals surface area contributed by atoms with Crippen molar-refractivity contribution in [1.29, 1.82) is 0 Å². The molecular weight excluding hydrogens is 272 g/mol. The molecule has 110 valence electrons. The minimum absolute atomic E-state index is 0.191. The average Bonchev–Trinajstić information content (AvgIpc) is 2.87. The molecule has 0 aliphatic heterocycles. The Balaban J connectivity index is 2.52. The Morgan fingerprint density at radius 2 is 2.14 bits per heavy atom. The van der Waals surface area contributed by atoms with Crippen LogP contribution in [0.1, 0.15) is 17.4 Å². The number of hydrogen-bond acceptors (Lipinski definition) is 4. The number of carbonyl (C=O) groups excluding carboxylic acids is 2. The molecule has 2 rings (SSSR count). The number of ether oxygens (including phenoxy) is 2. The maximum atomic E-state index is 11.6. The highest BCUT2D eigenvalue weighted by molar-refractivity contribution is 6.00. The molecule has 0 atom stereocenters. The van der Waals surface area contributed by atoms with E-state index in [4.69, 9.17) is 4.74 Å². The fourth-order valence-electron chi connectivity index (χ4n) is 1.97. The Morgan fingerprint density at radius 3 is 2.76 bits per heavy atom. The average molecular weight is 288 g/mol. The van der Waals surface area contributed by atoms with Crippen molar-refractivity contribution in [3.05, 3.63) is 36.5 Å². The summed E-state index contributed by atoms with van der Waals surface area (Å²) in [4.78, 5) is 25.7. The van der Waals surface area contributed by atoms with Crippen LogP contribution in [0, 0.1) is 0 Å². The predicted octanol–water partition coefficient (Wildman–Crippen LogP) is 2.48. The van der Waals surface area contributed by atoms with Gasteiger partial charge in [0.2, 0.25) is 5.91 Å². The number of hydrogen-bond donors (Lipinski definition) is 2. The van der Waals surface area contributed by atoms with E-state index in [-0.39, 0.29) is 5.91 Å². The van der Waals surface area contributed by atoms with Crippen molar-refractivity contribution in [1.82, 2.24) is 4.98 Å². The highest BCUT2D eigenvalue weighted by atomic mass is 16.5. The van der Waals surface area contributed by atoms with Crippen molar-refractivity contribution in [2.45, 2.75) is 6.92 Å². The van der Waals surface area contributed by atoms with E-state index in [1.54, 1.807) is 24.3 Å². The van der Waals surface area contributed by atoms with E-state index >= 15 is 0 Å². The van der Waals surface area contributed by atoms with Crippen LogP contribution < -0.4 is 10.1 Å². The van der Waals surface area contributed by atoms with Crippen LogP contribution in [0.2, 0.25) is 0 Å². The van der Waals surface area contributed by atoms with Gasteiger partial charge in [0.05, 0.1) is 12.6 Å². The summed E-state index contributed by atoms with van der Waals surface area (Å²) in [6.45, 7) is 5.33. The molecule has 1 heterocycles. The lowest BCUT2D eigenvalue weighted by atomic mass is 10.2. The van der Waals surface area contributed by atoms with Gasteiger partial charge in [-0.05, 0) is 12.1 Å². The number of methoxy groups -OCH3 is 1. The molecular formula is C15H16N2O4.